The van der Waals surface area contributed by atoms with Gasteiger partial charge in [-0.2, -0.15) is 0 Å². The van der Waals surface area contributed by atoms with E-state index in [1.165, 1.54) is 29.8 Å². The highest BCUT2D eigenvalue weighted by Gasteiger charge is 2.23. The summed E-state index contributed by atoms with van der Waals surface area (Å²) in [5.41, 5.74) is 15.3. The second-order valence-electron chi connectivity index (χ2n) is 5.55. The molecule has 0 unspecified atom stereocenters. The van der Waals surface area contributed by atoms with Crippen LogP contribution in [-0.2, 0) is 0 Å². The third-order valence-electron chi connectivity index (χ3n) is 3.98. The van der Waals surface area contributed by atoms with Crippen LogP contribution in [0.2, 0.25) is 0 Å². The molecule has 0 fully saturated rings. The van der Waals surface area contributed by atoms with Crippen molar-refractivity contribution in [2.24, 2.45) is 11.5 Å². The maximum atomic E-state index is 10.6. The quantitative estimate of drug-likeness (QED) is 0.525. The van der Waals surface area contributed by atoms with Crippen LogP contribution >= 0.6 is 0 Å². The number of phenols is 1. The number of fused-ring (bicyclic) bond motifs is 4. The number of rotatable bonds is 2. The van der Waals surface area contributed by atoms with Crippen molar-refractivity contribution in [1.29, 1.82) is 0 Å². The summed E-state index contributed by atoms with van der Waals surface area (Å²) in [6, 6.07) is 19.6. The zero-order valence-corrected chi connectivity index (χ0v) is 13.3. The standard InChI is InChI=1S/C12H8O.C8H8N2O2/c13-11-7-3-6-10-8-4-1-2-5-9(8)12(10)11;9-7(11)5-1-2-6(4-3-5)8(10)12/h1-7,13H;1-4H,(H2,9,11)(H2,10,12). The largest absolute Gasteiger partial charge is 0.507 e. The number of hydrogen-bond donors (Lipinski definition) is 3. The highest BCUT2D eigenvalue weighted by atomic mass is 16.3. The first-order valence-electron chi connectivity index (χ1n) is 7.60. The molecule has 4 rings (SSSR count). The number of primary amides is 2. The van der Waals surface area contributed by atoms with Gasteiger partial charge in [0, 0.05) is 16.7 Å². The fraction of sp³-hybridized carbons (Fsp3) is 0. The van der Waals surface area contributed by atoms with E-state index in [0.29, 0.717) is 16.9 Å². The summed E-state index contributed by atoms with van der Waals surface area (Å²) in [7, 11) is 0. The molecule has 1 aliphatic rings. The number of amides is 2. The minimum atomic E-state index is -0.522. The number of carbonyl (C=O) groups excluding carboxylic acids is 2. The van der Waals surface area contributed by atoms with Crippen molar-refractivity contribution in [1.82, 2.24) is 0 Å². The summed E-state index contributed by atoms with van der Waals surface area (Å²) in [5, 5.41) is 9.60. The average Bonchev–Trinajstić information content (AvgIpc) is 2.60. The minimum absolute atomic E-state index is 0.361. The fourth-order valence-corrected chi connectivity index (χ4v) is 2.72. The van der Waals surface area contributed by atoms with E-state index in [1.54, 1.807) is 6.07 Å². The summed E-state index contributed by atoms with van der Waals surface area (Å²) < 4.78 is 0. The Morgan fingerprint density at radius 3 is 1.64 bits per heavy atom. The molecule has 0 heterocycles. The normalized spacial score (nSPS) is 10.4. The molecular weight excluding hydrogens is 316 g/mol. The highest BCUT2D eigenvalue weighted by molar-refractivity contribution is 6.04. The molecule has 0 atom stereocenters. The summed E-state index contributed by atoms with van der Waals surface area (Å²) in [5.74, 6) is -0.659. The van der Waals surface area contributed by atoms with E-state index < -0.39 is 11.8 Å². The van der Waals surface area contributed by atoms with Gasteiger partial charge in [-0.1, -0.05) is 36.4 Å². The van der Waals surface area contributed by atoms with Gasteiger partial charge in [0.2, 0.25) is 11.8 Å². The van der Waals surface area contributed by atoms with Crippen LogP contribution in [0.3, 0.4) is 0 Å². The minimum Gasteiger partial charge on any atom is -0.507 e. The van der Waals surface area contributed by atoms with Crippen LogP contribution in [0.5, 0.6) is 5.75 Å². The Morgan fingerprint density at radius 1 is 0.640 bits per heavy atom. The first-order chi connectivity index (χ1) is 12.0. The van der Waals surface area contributed by atoms with Crippen LogP contribution in [0.15, 0.2) is 66.7 Å². The zero-order chi connectivity index (χ0) is 18.0. The molecule has 1 aliphatic carbocycles. The molecule has 5 nitrogen and oxygen atoms in total. The van der Waals surface area contributed by atoms with Crippen molar-refractivity contribution in [3.05, 3.63) is 77.9 Å². The van der Waals surface area contributed by atoms with Crippen molar-refractivity contribution in [2.75, 3.05) is 0 Å². The lowest BCUT2D eigenvalue weighted by atomic mass is 9.80. The molecule has 5 heteroatoms. The Morgan fingerprint density at radius 2 is 1.12 bits per heavy atom. The number of nitrogens with two attached hydrogens (primary N) is 2. The van der Waals surface area contributed by atoms with Crippen LogP contribution < -0.4 is 11.5 Å². The number of carbonyl (C=O) groups is 2. The summed E-state index contributed by atoms with van der Waals surface area (Å²) in [4.78, 5) is 21.2. The van der Waals surface area contributed by atoms with E-state index in [2.05, 4.69) is 6.07 Å². The van der Waals surface area contributed by atoms with Crippen molar-refractivity contribution in [2.45, 2.75) is 0 Å². The predicted molar refractivity (Wildman–Crippen MR) is 96.0 cm³/mol. The second kappa shape index (κ2) is 6.49. The van der Waals surface area contributed by atoms with Crippen molar-refractivity contribution in [3.8, 4) is 28.0 Å². The third-order valence-corrected chi connectivity index (χ3v) is 3.98. The van der Waals surface area contributed by atoms with E-state index in [4.69, 9.17) is 11.5 Å². The molecule has 5 N–H and O–H groups in total. The molecular formula is C20H16N2O3. The summed E-state index contributed by atoms with van der Waals surface area (Å²) in [6.07, 6.45) is 0. The molecule has 124 valence electrons. The van der Waals surface area contributed by atoms with Gasteiger partial charge in [-0.25, -0.2) is 0 Å². The van der Waals surface area contributed by atoms with Crippen molar-refractivity contribution in [3.63, 3.8) is 0 Å². The fourth-order valence-electron chi connectivity index (χ4n) is 2.72. The van der Waals surface area contributed by atoms with Gasteiger partial charge in [-0.15, -0.1) is 0 Å². The molecule has 3 aromatic rings. The Labute approximate surface area is 144 Å². The monoisotopic (exact) mass is 332 g/mol. The van der Waals surface area contributed by atoms with Crippen molar-refractivity contribution >= 4 is 11.8 Å². The lowest BCUT2D eigenvalue weighted by Crippen LogP contribution is -2.13. The third kappa shape index (κ3) is 3.07. The maximum Gasteiger partial charge on any atom is 0.248 e. The van der Waals surface area contributed by atoms with Crippen molar-refractivity contribution < 1.29 is 14.7 Å². The molecule has 25 heavy (non-hydrogen) atoms. The lowest BCUT2D eigenvalue weighted by Gasteiger charge is -2.24. The number of hydrogen-bond acceptors (Lipinski definition) is 3. The average molecular weight is 332 g/mol. The zero-order valence-electron chi connectivity index (χ0n) is 13.3. The second-order valence-corrected chi connectivity index (χ2v) is 5.55. The van der Waals surface area contributed by atoms with Gasteiger partial charge in [0.25, 0.3) is 0 Å². The SMILES string of the molecule is NC(=O)c1ccc(C(N)=O)cc1.Oc1cccc2c1-c1ccccc1-2. The van der Waals surface area contributed by atoms with Gasteiger partial charge < -0.3 is 16.6 Å². The Balaban J connectivity index is 0.000000147. The predicted octanol–water partition coefficient (Wildman–Crippen LogP) is 2.92. The van der Waals surface area contributed by atoms with Crippen LogP contribution in [0.1, 0.15) is 20.7 Å². The smallest absolute Gasteiger partial charge is 0.248 e. The van der Waals surface area contributed by atoms with Gasteiger partial charge in [0.05, 0.1) is 0 Å². The molecule has 0 saturated carbocycles. The van der Waals surface area contributed by atoms with E-state index in [-0.39, 0.29) is 0 Å². The highest BCUT2D eigenvalue weighted by Crippen LogP contribution is 2.50. The van der Waals surface area contributed by atoms with E-state index in [1.807, 2.05) is 30.3 Å². The van der Waals surface area contributed by atoms with Gasteiger partial charge in [-0.05, 0) is 47.0 Å². The molecule has 0 aromatic heterocycles. The molecule has 0 aliphatic heterocycles. The van der Waals surface area contributed by atoms with Crippen LogP contribution in [0.25, 0.3) is 22.3 Å². The first-order valence-corrected chi connectivity index (χ1v) is 7.60. The topological polar surface area (TPSA) is 106 Å². The number of benzene rings is 3. The molecule has 0 spiro atoms. The van der Waals surface area contributed by atoms with Gasteiger partial charge in [0.1, 0.15) is 5.75 Å². The van der Waals surface area contributed by atoms with Gasteiger partial charge >= 0.3 is 0 Å². The first kappa shape index (κ1) is 16.3. The Kier molecular flexibility index (Phi) is 4.22. The van der Waals surface area contributed by atoms with Crippen LogP contribution in [0, 0.1) is 0 Å². The van der Waals surface area contributed by atoms with E-state index >= 15 is 0 Å². The van der Waals surface area contributed by atoms with E-state index in [0.717, 1.165) is 16.7 Å². The molecule has 0 bridgehead atoms. The van der Waals surface area contributed by atoms with E-state index in [9.17, 15) is 14.7 Å². The summed E-state index contributed by atoms with van der Waals surface area (Å²) in [6.45, 7) is 0. The lowest BCUT2D eigenvalue weighted by molar-refractivity contribution is 0.0988. The van der Waals surface area contributed by atoms with Gasteiger partial charge in [0.15, 0.2) is 0 Å². The molecule has 3 aromatic carbocycles. The molecule has 2 amide bonds. The Bertz CT molecular complexity index is 930. The molecule has 0 saturated heterocycles. The van der Waals surface area contributed by atoms with Crippen LogP contribution in [-0.4, -0.2) is 16.9 Å². The number of aromatic hydroxyl groups is 1. The van der Waals surface area contributed by atoms with Gasteiger partial charge in [-0.3, -0.25) is 9.59 Å². The molecule has 0 radical (unpaired) electrons. The number of phenolic OH excluding ortho intramolecular Hbond substituents is 1. The summed E-state index contributed by atoms with van der Waals surface area (Å²) >= 11 is 0. The van der Waals surface area contributed by atoms with Crippen LogP contribution in [0.4, 0.5) is 0 Å². The maximum absolute atomic E-state index is 10.6. The Hall–Kier alpha value is -3.60.